The molecule has 2 aromatic carbocycles. The minimum Gasteiger partial charge on any atom is -0.481 e. The number of carbonyl (C=O) groups is 2. The number of amides is 3. The van der Waals surface area contributed by atoms with Gasteiger partial charge in [-0.3, -0.25) is 10.1 Å². The van der Waals surface area contributed by atoms with Gasteiger partial charge in [-0.25, -0.2) is 4.79 Å². The van der Waals surface area contributed by atoms with Crippen molar-refractivity contribution in [2.45, 2.75) is 13.8 Å². The molecule has 0 bridgehead atoms. The van der Waals surface area contributed by atoms with Crippen molar-refractivity contribution in [3.05, 3.63) is 56.5 Å². The first-order chi connectivity index (χ1) is 11.4. The molecular weight excluding hydrogens is 440 g/mol. The minimum absolute atomic E-state index is 0.276. The van der Waals surface area contributed by atoms with Gasteiger partial charge in [-0.05, 0) is 75.0 Å². The molecule has 0 saturated heterocycles. The number of rotatable bonds is 4. The van der Waals surface area contributed by atoms with Crippen molar-refractivity contribution in [1.82, 2.24) is 5.32 Å². The number of halogens is 2. The number of ether oxygens (including phenoxy) is 1. The summed E-state index contributed by atoms with van der Waals surface area (Å²) in [5.41, 5.74) is 2.67. The lowest BCUT2D eigenvalue weighted by Gasteiger charge is -2.12. The van der Waals surface area contributed by atoms with Crippen LogP contribution in [0.15, 0.2) is 45.3 Å². The fourth-order valence-corrected chi connectivity index (χ4v) is 3.19. The van der Waals surface area contributed by atoms with Gasteiger partial charge in [0.05, 0.1) is 8.95 Å². The molecule has 0 saturated carbocycles. The molecule has 0 aliphatic rings. The maximum absolute atomic E-state index is 11.9. The van der Waals surface area contributed by atoms with Crippen molar-refractivity contribution in [3.8, 4) is 5.75 Å². The van der Waals surface area contributed by atoms with E-state index in [1.807, 2.05) is 32.0 Å². The zero-order valence-electron chi connectivity index (χ0n) is 13.2. The smallest absolute Gasteiger partial charge is 0.325 e. The van der Waals surface area contributed by atoms with Crippen LogP contribution in [0, 0.1) is 13.8 Å². The molecule has 7 heteroatoms. The lowest BCUT2D eigenvalue weighted by molar-refractivity contribution is -0.121. The minimum atomic E-state index is -0.594. The summed E-state index contributed by atoms with van der Waals surface area (Å²) in [6.45, 7) is 3.58. The monoisotopic (exact) mass is 454 g/mol. The first kappa shape index (κ1) is 18.5. The fourth-order valence-electron chi connectivity index (χ4n) is 1.96. The number of benzene rings is 2. The zero-order chi connectivity index (χ0) is 17.7. The topological polar surface area (TPSA) is 67.4 Å². The number of anilines is 1. The van der Waals surface area contributed by atoms with E-state index >= 15 is 0 Å². The Bertz CT molecular complexity index is 758. The molecule has 0 heterocycles. The number of urea groups is 1. The van der Waals surface area contributed by atoms with Gasteiger partial charge >= 0.3 is 6.03 Å². The molecule has 0 aromatic heterocycles. The van der Waals surface area contributed by atoms with E-state index in [-0.39, 0.29) is 6.61 Å². The predicted molar refractivity (Wildman–Crippen MR) is 100 cm³/mol. The Balaban J connectivity index is 1.90. The Labute approximate surface area is 157 Å². The molecule has 0 aliphatic carbocycles. The van der Waals surface area contributed by atoms with Crippen LogP contribution < -0.4 is 15.4 Å². The van der Waals surface area contributed by atoms with Crippen LogP contribution in [0.1, 0.15) is 11.1 Å². The van der Waals surface area contributed by atoms with Crippen LogP contribution in [-0.2, 0) is 4.79 Å². The van der Waals surface area contributed by atoms with E-state index in [0.29, 0.717) is 20.4 Å². The number of nitrogens with one attached hydrogen (secondary N) is 2. The van der Waals surface area contributed by atoms with Crippen molar-refractivity contribution in [1.29, 1.82) is 0 Å². The average Bonchev–Trinajstić information content (AvgIpc) is 2.51. The van der Waals surface area contributed by atoms with E-state index in [0.717, 1.165) is 11.1 Å². The number of aryl methyl sites for hydroxylation is 1. The van der Waals surface area contributed by atoms with Gasteiger partial charge in [0, 0.05) is 5.69 Å². The quantitative estimate of drug-likeness (QED) is 0.710. The molecule has 0 fully saturated rings. The highest BCUT2D eigenvalue weighted by Gasteiger charge is 2.12. The Kier molecular flexibility index (Phi) is 6.39. The molecule has 2 aromatic rings. The van der Waals surface area contributed by atoms with Crippen LogP contribution in [0.3, 0.4) is 0 Å². The molecule has 0 radical (unpaired) electrons. The number of hydrogen-bond donors (Lipinski definition) is 2. The maximum Gasteiger partial charge on any atom is 0.325 e. The highest BCUT2D eigenvalue weighted by atomic mass is 79.9. The number of para-hydroxylation sites is 1. The third-order valence-electron chi connectivity index (χ3n) is 3.37. The Hall–Kier alpha value is -1.86. The lowest BCUT2D eigenvalue weighted by Crippen LogP contribution is -2.37. The second kappa shape index (κ2) is 8.30. The van der Waals surface area contributed by atoms with Gasteiger partial charge in [0.25, 0.3) is 5.91 Å². The maximum atomic E-state index is 11.9. The first-order valence-electron chi connectivity index (χ1n) is 7.12. The molecule has 0 unspecified atom stereocenters. The van der Waals surface area contributed by atoms with Crippen molar-refractivity contribution >= 4 is 49.5 Å². The van der Waals surface area contributed by atoms with Crippen LogP contribution >= 0.6 is 31.9 Å². The van der Waals surface area contributed by atoms with Gasteiger partial charge in [-0.1, -0.05) is 18.2 Å². The highest BCUT2D eigenvalue weighted by Crippen LogP contribution is 2.32. The van der Waals surface area contributed by atoms with E-state index in [4.69, 9.17) is 4.74 Å². The number of hydrogen-bond acceptors (Lipinski definition) is 3. The number of carbonyl (C=O) groups excluding carboxylic acids is 2. The summed E-state index contributed by atoms with van der Waals surface area (Å²) in [4.78, 5) is 23.8. The van der Waals surface area contributed by atoms with Gasteiger partial charge in [-0.2, -0.15) is 0 Å². The van der Waals surface area contributed by atoms with Crippen molar-refractivity contribution in [2.75, 3.05) is 11.9 Å². The van der Waals surface area contributed by atoms with E-state index in [1.165, 1.54) is 0 Å². The SMILES string of the molecule is Cc1cccc(NC(=O)NC(=O)COc2c(Br)cccc2Br)c1C. The molecule has 2 rings (SSSR count). The van der Waals surface area contributed by atoms with E-state index < -0.39 is 11.9 Å². The fraction of sp³-hybridized carbons (Fsp3) is 0.176. The lowest BCUT2D eigenvalue weighted by atomic mass is 10.1. The Morgan fingerprint density at radius 3 is 2.33 bits per heavy atom. The van der Waals surface area contributed by atoms with E-state index in [1.54, 1.807) is 18.2 Å². The molecule has 3 amide bonds. The first-order valence-corrected chi connectivity index (χ1v) is 8.71. The Morgan fingerprint density at radius 2 is 1.67 bits per heavy atom. The molecule has 126 valence electrons. The molecule has 0 spiro atoms. The van der Waals surface area contributed by atoms with Gasteiger partial charge in [0.1, 0.15) is 5.75 Å². The van der Waals surface area contributed by atoms with Crippen molar-refractivity contribution in [2.24, 2.45) is 0 Å². The third kappa shape index (κ3) is 4.82. The van der Waals surface area contributed by atoms with E-state index in [9.17, 15) is 9.59 Å². The van der Waals surface area contributed by atoms with E-state index in [2.05, 4.69) is 42.5 Å². The summed E-state index contributed by atoms with van der Waals surface area (Å²) in [6, 6.07) is 10.4. The Morgan fingerprint density at radius 1 is 1.04 bits per heavy atom. The van der Waals surface area contributed by atoms with Crippen LogP contribution in [0.4, 0.5) is 10.5 Å². The predicted octanol–water partition coefficient (Wildman–Crippen LogP) is 4.56. The van der Waals surface area contributed by atoms with Crippen LogP contribution in [0.25, 0.3) is 0 Å². The highest BCUT2D eigenvalue weighted by molar-refractivity contribution is 9.11. The van der Waals surface area contributed by atoms with Gasteiger partial charge < -0.3 is 10.1 Å². The van der Waals surface area contributed by atoms with Crippen molar-refractivity contribution < 1.29 is 14.3 Å². The normalized spacial score (nSPS) is 10.2. The molecule has 24 heavy (non-hydrogen) atoms. The summed E-state index contributed by atoms with van der Waals surface area (Å²) in [7, 11) is 0. The molecule has 2 N–H and O–H groups in total. The zero-order valence-corrected chi connectivity index (χ0v) is 16.3. The summed E-state index contributed by atoms with van der Waals surface area (Å²) in [5.74, 6) is -0.0388. The summed E-state index contributed by atoms with van der Waals surface area (Å²) in [6.07, 6.45) is 0. The van der Waals surface area contributed by atoms with Gasteiger partial charge in [0.15, 0.2) is 6.61 Å². The second-order valence-electron chi connectivity index (χ2n) is 5.09. The third-order valence-corrected chi connectivity index (χ3v) is 4.62. The summed E-state index contributed by atoms with van der Waals surface area (Å²) >= 11 is 6.68. The van der Waals surface area contributed by atoms with Gasteiger partial charge in [0.2, 0.25) is 0 Å². The van der Waals surface area contributed by atoms with Crippen LogP contribution in [0.2, 0.25) is 0 Å². The van der Waals surface area contributed by atoms with Crippen LogP contribution in [-0.4, -0.2) is 18.5 Å². The second-order valence-corrected chi connectivity index (χ2v) is 6.80. The molecule has 0 aliphatic heterocycles. The molecule has 5 nitrogen and oxygen atoms in total. The largest absolute Gasteiger partial charge is 0.481 e. The number of imide groups is 1. The summed E-state index contributed by atoms with van der Waals surface area (Å²) < 4.78 is 6.86. The summed E-state index contributed by atoms with van der Waals surface area (Å²) in [5, 5.41) is 4.90. The standard InChI is InChI=1S/C17H16Br2N2O3/c1-10-5-3-8-14(11(10)2)20-17(23)21-15(22)9-24-16-12(18)6-4-7-13(16)19/h3-8H,9H2,1-2H3,(H2,20,21,22,23). The molecule has 0 atom stereocenters. The average molecular weight is 456 g/mol. The van der Waals surface area contributed by atoms with Crippen LogP contribution in [0.5, 0.6) is 5.75 Å². The van der Waals surface area contributed by atoms with Crippen molar-refractivity contribution in [3.63, 3.8) is 0 Å². The van der Waals surface area contributed by atoms with Gasteiger partial charge in [-0.15, -0.1) is 0 Å². The molecular formula is C17H16Br2N2O3.